The highest BCUT2D eigenvalue weighted by molar-refractivity contribution is 9.10. The van der Waals surface area contributed by atoms with Crippen LogP contribution in [0.5, 0.6) is 0 Å². The fraction of sp³-hybridized carbons (Fsp3) is 0.688. The molecule has 1 aromatic heterocycles. The van der Waals surface area contributed by atoms with Gasteiger partial charge in [0.2, 0.25) is 5.82 Å². The number of pyridine rings is 1. The Morgan fingerprint density at radius 3 is 2.61 bits per heavy atom. The molecule has 1 heterocycles. The van der Waals surface area contributed by atoms with E-state index in [1.54, 1.807) is 19.4 Å². The maximum Gasteiger partial charge on any atom is 0.325 e. The topological polar surface area (TPSA) is 68.5 Å². The van der Waals surface area contributed by atoms with E-state index in [0.29, 0.717) is 22.3 Å². The molecule has 0 saturated heterocycles. The number of nitrogens with zero attached hydrogens (tertiary/aromatic N) is 3. The van der Waals surface area contributed by atoms with Gasteiger partial charge in [-0.2, -0.15) is 0 Å². The maximum atomic E-state index is 11.5. The molecule has 0 aromatic carbocycles. The van der Waals surface area contributed by atoms with Crippen LogP contribution >= 0.6 is 15.9 Å². The number of hydrogen-bond acceptors (Lipinski definition) is 5. The van der Waals surface area contributed by atoms with Crippen molar-refractivity contribution in [2.24, 2.45) is 5.92 Å². The van der Waals surface area contributed by atoms with Gasteiger partial charge in [0.25, 0.3) is 0 Å². The van der Waals surface area contributed by atoms with Gasteiger partial charge < -0.3 is 9.64 Å². The first kappa shape index (κ1) is 18.1. The quantitative estimate of drug-likeness (QED) is 0.542. The molecule has 23 heavy (non-hydrogen) atoms. The minimum Gasteiger partial charge on any atom is -0.381 e. The van der Waals surface area contributed by atoms with Crippen molar-refractivity contribution in [2.75, 3.05) is 18.6 Å². The van der Waals surface area contributed by atoms with Gasteiger partial charge in [-0.25, -0.2) is 4.98 Å². The molecule has 6 nitrogen and oxygen atoms in total. The Morgan fingerprint density at radius 1 is 1.43 bits per heavy atom. The van der Waals surface area contributed by atoms with Gasteiger partial charge in [-0.15, -0.1) is 0 Å². The van der Waals surface area contributed by atoms with Crippen LogP contribution in [-0.2, 0) is 4.74 Å². The summed E-state index contributed by atoms with van der Waals surface area (Å²) in [6, 6.07) is 1.89. The molecule has 7 heteroatoms. The van der Waals surface area contributed by atoms with E-state index in [1.807, 2.05) is 0 Å². The summed E-state index contributed by atoms with van der Waals surface area (Å²) in [6.07, 6.45) is 5.83. The summed E-state index contributed by atoms with van der Waals surface area (Å²) < 4.78 is 5.92. The number of hydrogen-bond donors (Lipinski definition) is 0. The lowest BCUT2D eigenvalue weighted by Crippen LogP contribution is -2.42. The van der Waals surface area contributed by atoms with Crippen molar-refractivity contribution in [3.05, 3.63) is 26.9 Å². The lowest BCUT2D eigenvalue weighted by atomic mass is 9.91. The van der Waals surface area contributed by atoms with E-state index < -0.39 is 0 Å². The van der Waals surface area contributed by atoms with Gasteiger partial charge in [-0.1, -0.05) is 13.8 Å². The smallest absolute Gasteiger partial charge is 0.325 e. The van der Waals surface area contributed by atoms with E-state index in [2.05, 4.69) is 39.7 Å². The molecule has 1 fully saturated rings. The zero-order valence-electron chi connectivity index (χ0n) is 13.9. The third kappa shape index (κ3) is 4.41. The molecule has 1 aliphatic carbocycles. The molecule has 0 bridgehead atoms. The Morgan fingerprint density at radius 2 is 2.09 bits per heavy atom. The third-order valence-corrected chi connectivity index (χ3v) is 4.93. The summed E-state index contributed by atoms with van der Waals surface area (Å²) in [7, 11) is 1.75. The first-order chi connectivity index (χ1) is 10.9. The standard InChI is InChI=1S/C16H24BrN3O3/c1-11(2)10-19(12-4-6-13(23-3)7-5-12)16-15(20(21)22)14(17)8-9-18-16/h8-9,11-13H,4-7,10H2,1-3H3. The van der Waals surface area contributed by atoms with Crippen molar-refractivity contribution in [3.8, 4) is 0 Å². The van der Waals surface area contributed by atoms with Crippen LogP contribution in [0.25, 0.3) is 0 Å². The Balaban J connectivity index is 2.33. The molecule has 2 rings (SSSR count). The lowest BCUT2D eigenvalue weighted by Gasteiger charge is -2.38. The number of ether oxygens (including phenoxy) is 1. The van der Waals surface area contributed by atoms with Crippen LogP contribution in [0.2, 0.25) is 0 Å². The van der Waals surface area contributed by atoms with Gasteiger partial charge in [-0.3, -0.25) is 10.1 Å². The van der Waals surface area contributed by atoms with Crippen molar-refractivity contribution in [3.63, 3.8) is 0 Å². The van der Waals surface area contributed by atoms with E-state index in [-0.39, 0.29) is 16.7 Å². The molecule has 1 aliphatic rings. The van der Waals surface area contributed by atoms with Gasteiger partial charge in [0, 0.05) is 25.9 Å². The van der Waals surface area contributed by atoms with Gasteiger partial charge in [-0.05, 0) is 53.6 Å². The maximum absolute atomic E-state index is 11.5. The van der Waals surface area contributed by atoms with Crippen LogP contribution < -0.4 is 4.90 Å². The Hall–Kier alpha value is -1.21. The first-order valence-corrected chi connectivity index (χ1v) is 8.81. The van der Waals surface area contributed by atoms with Gasteiger partial charge >= 0.3 is 5.69 Å². The van der Waals surface area contributed by atoms with Crippen molar-refractivity contribution in [1.29, 1.82) is 0 Å². The number of halogens is 1. The number of aromatic nitrogens is 1. The van der Waals surface area contributed by atoms with Crippen LogP contribution in [0, 0.1) is 16.0 Å². The first-order valence-electron chi connectivity index (χ1n) is 8.02. The van der Waals surface area contributed by atoms with Gasteiger partial charge in [0.1, 0.15) is 4.47 Å². The minimum atomic E-state index is -0.347. The van der Waals surface area contributed by atoms with E-state index in [0.717, 1.165) is 32.2 Å². The molecule has 0 aliphatic heterocycles. The summed E-state index contributed by atoms with van der Waals surface area (Å²) in [5.74, 6) is 0.870. The highest BCUT2D eigenvalue weighted by Crippen LogP contribution is 2.37. The van der Waals surface area contributed by atoms with Crippen molar-refractivity contribution < 1.29 is 9.66 Å². The number of methoxy groups -OCH3 is 1. The second kappa shape index (κ2) is 8.06. The zero-order chi connectivity index (χ0) is 17.0. The van der Waals surface area contributed by atoms with E-state index in [1.165, 1.54) is 0 Å². The van der Waals surface area contributed by atoms with E-state index in [4.69, 9.17) is 4.74 Å². The predicted octanol–water partition coefficient (Wildman–Crippen LogP) is 4.17. The van der Waals surface area contributed by atoms with E-state index >= 15 is 0 Å². The highest BCUT2D eigenvalue weighted by Gasteiger charge is 2.32. The van der Waals surface area contributed by atoms with E-state index in [9.17, 15) is 10.1 Å². The Kier molecular flexibility index (Phi) is 6.35. The Bertz CT molecular complexity index is 545. The average molecular weight is 386 g/mol. The normalized spacial score (nSPS) is 21.4. The van der Waals surface area contributed by atoms with Crippen LogP contribution in [-0.4, -0.2) is 35.7 Å². The van der Waals surface area contributed by atoms with Gasteiger partial charge in [0.15, 0.2) is 0 Å². The van der Waals surface area contributed by atoms with Crippen LogP contribution in [0.1, 0.15) is 39.5 Å². The molecule has 0 unspecified atom stereocenters. The molecule has 0 amide bonds. The summed E-state index contributed by atoms with van der Waals surface area (Å²) in [5.41, 5.74) is 0.0574. The SMILES string of the molecule is COC1CCC(N(CC(C)C)c2nccc(Br)c2[N+](=O)[O-])CC1. The molecule has 1 saturated carbocycles. The second-order valence-corrected chi connectivity index (χ2v) is 7.29. The number of nitro groups is 1. The largest absolute Gasteiger partial charge is 0.381 e. The number of rotatable bonds is 6. The Labute approximate surface area is 145 Å². The summed E-state index contributed by atoms with van der Waals surface area (Å²) in [6.45, 7) is 5.00. The monoisotopic (exact) mass is 385 g/mol. The zero-order valence-corrected chi connectivity index (χ0v) is 15.5. The molecule has 128 valence electrons. The average Bonchev–Trinajstić information content (AvgIpc) is 2.52. The lowest BCUT2D eigenvalue weighted by molar-refractivity contribution is -0.385. The van der Waals surface area contributed by atoms with Crippen LogP contribution in [0.4, 0.5) is 11.5 Å². The number of anilines is 1. The second-order valence-electron chi connectivity index (χ2n) is 6.43. The molecular formula is C16H24BrN3O3. The molecule has 0 spiro atoms. The molecular weight excluding hydrogens is 362 g/mol. The highest BCUT2D eigenvalue weighted by atomic mass is 79.9. The van der Waals surface area contributed by atoms with Crippen molar-refractivity contribution in [1.82, 2.24) is 4.98 Å². The molecule has 1 aromatic rings. The summed E-state index contributed by atoms with van der Waals surface area (Å²) in [5, 5.41) is 11.5. The third-order valence-electron chi connectivity index (χ3n) is 4.29. The minimum absolute atomic E-state index is 0.0574. The fourth-order valence-electron chi connectivity index (χ4n) is 3.19. The van der Waals surface area contributed by atoms with Crippen LogP contribution in [0.3, 0.4) is 0 Å². The molecule has 0 radical (unpaired) electrons. The summed E-state index contributed by atoms with van der Waals surface area (Å²) >= 11 is 3.30. The van der Waals surface area contributed by atoms with Crippen LogP contribution in [0.15, 0.2) is 16.7 Å². The molecule has 0 atom stereocenters. The van der Waals surface area contributed by atoms with Crippen molar-refractivity contribution >= 4 is 27.4 Å². The summed E-state index contributed by atoms with van der Waals surface area (Å²) in [4.78, 5) is 17.6. The molecule has 0 N–H and O–H groups in total. The fourth-order valence-corrected chi connectivity index (χ4v) is 3.63. The predicted molar refractivity (Wildman–Crippen MR) is 93.8 cm³/mol. The van der Waals surface area contributed by atoms with Crippen molar-refractivity contribution in [2.45, 2.75) is 51.7 Å². The van der Waals surface area contributed by atoms with Gasteiger partial charge in [0.05, 0.1) is 11.0 Å².